The molecule has 7 aromatic rings. The number of ether oxygens (including phenoxy) is 1. The summed E-state index contributed by atoms with van der Waals surface area (Å²) >= 11 is 0. The van der Waals surface area contributed by atoms with Crippen LogP contribution in [0.3, 0.4) is 0 Å². The molecule has 5 aromatic carbocycles. The molecule has 8 rings (SSSR count). The number of pyridine rings is 2. The SMILES string of the molecule is c1cncc(-c2ccc(-c3ccc4c(c3)-c3ccccc3Oc3ccccc3-c3ccccc3-c3ccccc3-4)cn2)c1. The number of hydrogen-bond donors (Lipinski definition) is 0. The lowest BCUT2D eigenvalue weighted by atomic mass is 9.85. The maximum atomic E-state index is 6.78. The van der Waals surface area contributed by atoms with E-state index in [-0.39, 0.29) is 0 Å². The number of nitrogens with zero attached hydrogens (tertiary/aromatic N) is 2. The largest absolute Gasteiger partial charge is 0.456 e. The molecule has 0 fully saturated rings. The molecule has 3 nitrogen and oxygen atoms in total. The highest BCUT2D eigenvalue weighted by molar-refractivity contribution is 5.98. The van der Waals surface area contributed by atoms with Gasteiger partial charge in [0.2, 0.25) is 0 Å². The first kappa shape index (κ1) is 25.0. The summed E-state index contributed by atoms with van der Waals surface area (Å²) in [4.78, 5) is 9.02. The van der Waals surface area contributed by atoms with E-state index in [1.54, 1.807) is 6.20 Å². The summed E-state index contributed by atoms with van der Waals surface area (Å²) in [6.07, 6.45) is 5.56. The molecule has 0 amide bonds. The highest BCUT2D eigenvalue weighted by Crippen LogP contribution is 2.48. The molecule has 0 unspecified atom stereocenters. The van der Waals surface area contributed by atoms with Crippen LogP contribution in [0.4, 0.5) is 0 Å². The van der Waals surface area contributed by atoms with E-state index < -0.39 is 0 Å². The van der Waals surface area contributed by atoms with Crippen molar-refractivity contribution in [2.24, 2.45) is 0 Å². The standard InChI is InChI=1S/C40H26N2O/c1-2-13-32-30(11-1)31-12-3-4-14-33(31)35-15-5-7-17-39(35)43-40-18-8-6-16-36(40)37-24-27(19-21-34(32)37)28-20-22-38(42-26-28)29-10-9-23-41-25-29/h1-26H. The highest BCUT2D eigenvalue weighted by Gasteiger charge is 2.21. The third-order valence-corrected chi connectivity index (χ3v) is 8.08. The summed E-state index contributed by atoms with van der Waals surface area (Å²) < 4.78 is 6.78. The van der Waals surface area contributed by atoms with E-state index in [1.807, 2.05) is 36.7 Å². The predicted molar refractivity (Wildman–Crippen MR) is 175 cm³/mol. The Labute approximate surface area is 250 Å². The zero-order valence-corrected chi connectivity index (χ0v) is 23.3. The average Bonchev–Trinajstić information content (AvgIpc) is 3.10. The van der Waals surface area contributed by atoms with Crippen molar-refractivity contribution in [3.8, 4) is 78.4 Å². The van der Waals surface area contributed by atoms with Crippen LogP contribution in [-0.2, 0) is 0 Å². The molecule has 0 saturated heterocycles. The van der Waals surface area contributed by atoms with Gasteiger partial charge in [-0.1, -0.05) is 103 Å². The lowest BCUT2D eigenvalue weighted by molar-refractivity contribution is 0.486. The Morgan fingerprint density at radius 3 is 1.49 bits per heavy atom. The fourth-order valence-electron chi connectivity index (χ4n) is 6.01. The van der Waals surface area contributed by atoms with Crippen molar-refractivity contribution in [3.05, 3.63) is 158 Å². The zero-order chi connectivity index (χ0) is 28.6. The Bertz CT molecular complexity index is 2100. The second-order valence-corrected chi connectivity index (χ2v) is 10.6. The smallest absolute Gasteiger partial charge is 0.135 e. The molecule has 1 aliphatic rings. The first-order chi connectivity index (χ1) is 21.3. The fourth-order valence-corrected chi connectivity index (χ4v) is 6.01. The summed E-state index contributed by atoms with van der Waals surface area (Å²) in [5.74, 6) is 1.64. The van der Waals surface area contributed by atoms with E-state index in [0.717, 1.165) is 61.7 Å². The van der Waals surface area contributed by atoms with Gasteiger partial charge in [0.1, 0.15) is 11.5 Å². The Kier molecular flexibility index (Phi) is 6.12. The van der Waals surface area contributed by atoms with Gasteiger partial charge in [-0.3, -0.25) is 9.97 Å². The molecule has 0 saturated carbocycles. The van der Waals surface area contributed by atoms with Crippen molar-refractivity contribution >= 4 is 0 Å². The molecule has 43 heavy (non-hydrogen) atoms. The molecule has 2 aromatic heterocycles. The van der Waals surface area contributed by atoms with Crippen LogP contribution in [0.2, 0.25) is 0 Å². The maximum absolute atomic E-state index is 6.78. The Balaban J connectivity index is 1.37. The van der Waals surface area contributed by atoms with E-state index in [2.05, 4.69) is 120 Å². The molecule has 3 heteroatoms. The van der Waals surface area contributed by atoms with Gasteiger partial charge in [0.05, 0.1) is 5.69 Å². The molecule has 3 heterocycles. The topological polar surface area (TPSA) is 35.0 Å². The number of benzene rings is 5. The number of hydrogen-bond acceptors (Lipinski definition) is 3. The molecular weight excluding hydrogens is 524 g/mol. The first-order valence-electron chi connectivity index (χ1n) is 14.4. The molecule has 0 radical (unpaired) electrons. The van der Waals surface area contributed by atoms with Gasteiger partial charge in [-0.15, -0.1) is 0 Å². The zero-order valence-electron chi connectivity index (χ0n) is 23.3. The van der Waals surface area contributed by atoms with Crippen LogP contribution in [0, 0.1) is 0 Å². The number of para-hydroxylation sites is 2. The van der Waals surface area contributed by atoms with E-state index in [0.29, 0.717) is 0 Å². The highest BCUT2D eigenvalue weighted by atomic mass is 16.5. The van der Waals surface area contributed by atoms with Crippen LogP contribution in [-0.4, -0.2) is 9.97 Å². The summed E-state index contributed by atoms with van der Waals surface area (Å²) in [6.45, 7) is 0. The quantitative estimate of drug-likeness (QED) is 0.215. The second-order valence-electron chi connectivity index (χ2n) is 10.6. The van der Waals surface area contributed by atoms with Gasteiger partial charge in [-0.2, -0.15) is 0 Å². The lowest BCUT2D eigenvalue weighted by Gasteiger charge is -2.18. The van der Waals surface area contributed by atoms with Crippen LogP contribution < -0.4 is 4.74 Å². The first-order valence-corrected chi connectivity index (χ1v) is 14.4. The van der Waals surface area contributed by atoms with Crippen LogP contribution in [0.5, 0.6) is 11.5 Å². The molecule has 0 spiro atoms. The van der Waals surface area contributed by atoms with Crippen molar-refractivity contribution < 1.29 is 4.74 Å². The van der Waals surface area contributed by atoms with Gasteiger partial charge in [-0.05, 0) is 75.3 Å². The van der Waals surface area contributed by atoms with Gasteiger partial charge < -0.3 is 4.74 Å². The van der Waals surface area contributed by atoms with Crippen molar-refractivity contribution in [3.63, 3.8) is 0 Å². The van der Waals surface area contributed by atoms with E-state index >= 15 is 0 Å². The normalized spacial score (nSPS) is 11.4. The summed E-state index contributed by atoms with van der Waals surface area (Å²) in [5.41, 5.74) is 13.1. The molecular formula is C40H26N2O. The molecule has 0 bridgehead atoms. The summed E-state index contributed by atoms with van der Waals surface area (Å²) in [5, 5.41) is 0. The summed E-state index contributed by atoms with van der Waals surface area (Å²) in [6, 6.07) is 48.8. The fraction of sp³-hybridized carbons (Fsp3) is 0. The van der Waals surface area contributed by atoms with Crippen LogP contribution in [0.15, 0.2) is 158 Å². The van der Waals surface area contributed by atoms with Crippen molar-refractivity contribution in [1.82, 2.24) is 9.97 Å². The van der Waals surface area contributed by atoms with Crippen molar-refractivity contribution in [2.75, 3.05) is 0 Å². The second kappa shape index (κ2) is 10.6. The van der Waals surface area contributed by atoms with E-state index in [1.165, 1.54) is 16.7 Å². The Hall–Kier alpha value is -5.80. The van der Waals surface area contributed by atoms with Crippen molar-refractivity contribution in [1.29, 1.82) is 0 Å². The lowest BCUT2D eigenvalue weighted by Crippen LogP contribution is -1.93. The monoisotopic (exact) mass is 550 g/mol. The van der Waals surface area contributed by atoms with Crippen molar-refractivity contribution in [2.45, 2.75) is 0 Å². The minimum Gasteiger partial charge on any atom is -0.456 e. The molecule has 0 N–H and O–H groups in total. The molecule has 0 aliphatic carbocycles. The van der Waals surface area contributed by atoms with Crippen LogP contribution >= 0.6 is 0 Å². The minimum absolute atomic E-state index is 0.815. The van der Waals surface area contributed by atoms with Gasteiger partial charge in [-0.25, -0.2) is 0 Å². The van der Waals surface area contributed by atoms with Crippen LogP contribution in [0.25, 0.3) is 66.9 Å². The van der Waals surface area contributed by atoms with Crippen LogP contribution in [0.1, 0.15) is 0 Å². The van der Waals surface area contributed by atoms with Gasteiger partial charge in [0, 0.05) is 40.8 Å². The van der Waals surface area contributed by atoms with E-state index in [9.17, 15) is 0 Å². The van der Waals surface area contributed by atoms with Gasteiger partial charge in [0.25, 0.3) is 0 Å². The Morgan fingerprint density at radius 2 is 0.907 bits per heavy atom. The Morgan fingerprint density at radius 1 is 0.372 bits per heavy atom. The third kappa shape index (κ3) is 4.48. The van der Waals surface area contributed by atoms with E-state index in [4.69, 9.17) is 9.72 Å². The number of fused-ring (bicyclic) bond motifs is 9. The molecule has 0 atom stereocenters. The number of aromatic nitrogens is 2. The molecule has 202 valence electrons. The minimum atomic E-state index is 0.815. The average molecular weight is 551 g/mol. The molecule has 1 aliphatic heterocycles. The third-order valence-electron chi connectivity index (χ3n) is 8.08. The summed E-state index contributed by atoms with van der Waals surface area (Å²) in [7, 11) is 0. The number of rotatable bonds is 2. The maximum Gasteiger partial charge on any atom is 0.135 e. The predicted octanol–water partition coefficient (Wildman–Crippen LogP) is 10.6. The van der Waals surface area contributed by atoms with Gasteiger partial charge >= 0.3 is 0 Å². The van der Waals surface area contributed by atoms with Gasteiger partial charge in [0.15, 0.2) is 0 Å².